The Morgan fingerprint density at radius 3 is 1.94 bits per heavy atom. The molecule has 14 heteroatoms. The number of allylic oxidation sites excluding steroid dienone is 3. The fourth-order valence-corrected chi connectivity index (χ4v) is 5.95. The maximum atomic E-state index is 12.8. The minimum atomic E-state index is -1.78. The second kappa shape index (κ2) is 25.4. The molecule has 14 nitrogen and oxygen atoms in total. The van der Waals surface area contributed by atoms with Gasteiger partial charge in [0.1, 0.15) is 48.8 Å². The fourth-order valence-electron chi connectivity index (χ4n) is 5.95. The minimum absolute atomic E-state index is 0.268. The van der Waals surface area contributed by atoms with Gasteiger partial charge in [-0.2, -0.15) is 0 Å². The van der Waals surface area contributed by atoms with Gasteiger partial charge in [-0.05, 0) is 32.1 Å². The second-order valence-corrected chi connectivity index (χ2v) is 13.3. The summed E-state index contributed by atoms with van der Waals surface area (Å²) in [5.41, 5.74) is 0. The van der Waals surface area contributed by atoms with Crippen molar-refractivity contribution in [2.75, 3.05) is 19.8 Å². The summed E-state index contributed by atoms with van der Waals surface area (Å²) in [6, 6.07) is -0.920. The lowest BCUT2D eigenvalue weighted by Crippen LogP contribution is -2.65. The molecule has 0 aromatic heterocycles. The van der Waals surface area contributed by atoms with Crippen LogP contribution >= 0.6 is 0 Å². The first kappa shape index (κ1) is 44.6. The number of unbranched alkanes of at least 4 members (excludes halogenated alkanes) is 10. The topological polar surface area (TPSA) is 228 Å². The van der Waals surface area contributed by atoms with Gasteiger partial charge in [0.15, 0.2) is 12.6 Å². The maximum Gasteiger partial charge on any atom is 0.220 e. The lowest BCUT2D eigenvalue weighted by molar-refractivity contribution is -0.359. The van der Waals surface area contributed by atoms with Crippen LogP contribution in [0.3, 0.4) is 0 Å². The van der Waals surface area contributed by atoms with Crippen LogP contribution in [0.1, 0.15) is 104 Å². The van der Waals surface area contributed by atoms with Gasteiger partial charge in [0, 0.05) is 6.42 Å². The lowest BCUT2D eigenvalue weighted by atomic mass is 9.97. The molecule has 1 amide bonds. The lowest BCUT2D eigenvalue weighted by Gasteiger charge is -2.46. The van der Waals surface area contributed by atoms with Gasteiger partial charge in [0.25, 0.3) is 0 Å². The smallest absolute Gasteiger partial charge is 0.220 e. The maximum absolute atomic E-state index is 12.8. The van der Waals surface area contributed by atoms with Crippen molar-refractivity contribution in [2.45, 2.75) is 177 Å². The molecule has 292 valence electrons. The van der Waals surface area contributed by atoms with Gasteiger partial charge in [-0.3, -0.25) is 4.79 Å². The van der Waals surface area contributed by atoms with Crippen molar-refractivity contribution in [3.63, 3.8) is 0 Å². The van der Waals surface area contributed by atoms with E-state index in [0.29, 0.717) is 12.8 Å². The first-order valence-corrected chi connectivity index (χ1v) is 18.6. The van der Waals surface area contributed by atoms with E-state index in [1.54, 1.807) is 6.08 Å². The Kier molecular flexibility index (Phi) is 22.7. The van der Waals surface area contributed by atoms with Gasteiger partial charge >= 0.3 is 0 Å². The summed E-state index contributed by atoms with van der Waals surface area (Å²) in [5.74, 6) is -0.268. The molecule has 2 aliphatic heterocycles. The number of hydrogen-bond acceptors (Lipinski definition) is 13. The van der Waals surface area contributed by atoms with Crippen molar-refractivity contribution in [3.05, 3.63) is 24.3 Å². The Morgan fingerprint density at radius 2 is 1.28 bits per heavy atom. The molecule has 0 aliphatic carbocycles. The molecule has 2 heterocycles. The standard InChI is InChI=1S/C36H65NO13/c1-3-5-7-9-10-11-12-13-14-16-17-19-25(40)24(37-28(41)20-18-15-8-6-4-2)23-47-35-33(46)31(44)34(27(22-39)49-35)50-36-32(45)30(43)29(42)26(21-38)48-36/h12-13,17,19,24-27,29-36,38-40,42-46H,3-11,14-16,18,20-23H2,1-2H3,(H,37,41)/b13-12+,19-17+. The Bertz CT molecular complexity index is 951. The molecule has 2 fully saturated rings. The normalized spacial score (nSPS) is 31.7. The van der Waals surface area contributed by atoms with Crippen LogP contribution in [0.2, 0.25) is 0 Å². The average molecular weight is 720 g/mol. The molecule has 0 radical (unpaired) electrons. The van der Waals surface area contributed by atoms with E-state index in [1.165, 1.54) is 32.1 Å². The van der Waals surface area contributed by atoms with Crippen molar-refractivity contribution in [3.8, 4) is 0 Å². The van der Waals surface area contributed by atoms with E-state index in [4.69, 9.17) is 18.9 Å². The zero-order chi connectivity index (χ0) is 36.9. The van der Waals surface area contributed by atoms with E-state index in [9.17, 15) is 45.6 Å². The molecule has 0 aromatic rings. The molecule has 0 spiro atoms. The highest BCUT2D eigenvalue weighted by molar-refractivity contribution is 5.76. The van der Waals surface area contributed by atoms with E-state index < -0.39 is 86.8 Å². The largest absolute Gasteiger partial charge is 0.394 e. The number of aliphatic hydroxyl groups is 8. The Balaban J connectivity index is 2.00. The van der Waals surface area contributed by atoms with Crippen molar-refractivity contribution in [1.29, 1.82) is 0 Å². The van der Waals surface area contributed by atoms with Crippen LogP contribution in [-0.4, -0.2) is 140 Å². The summed E-state index contributed by atoms with van der Waals surface area (Å²) in [5, 5.41) is 85.6. The molecule has 0 bridgehead atoms. The third-order valence-electron chi connectivity index (χ3n) is 9.14. The van der Waals surface area contributed by atoms with Gasteiger partial charge in [0.05, 0.1) is 32.0 Å². The average Bonchev–Trinajstić information content (AvgIpc) is 3.11. The van der Waals surface area contributed by atoms with E-state index in [-0.39, 0.29) is 18.9 Å². The zero-order valence-corrected chi connectivity index (χ0v) is 29.9. The summed E-state index contributed by atoms with van der Waals surface area (Å²) in [4.78, 5) is 12.8. The molecule has 12 atom stereocenters. The summed E-state index contributed by atoms with van der Waals surface area (Å²) >= 11 is 0. The SMILES string of the molecule is CCCCCCC/C=C/CC/C=C/C(O)C(COC1OC(CO)C(OC2OC(CO)C(O)C(O)C2O)C(O)C1O)NC(=O)CCCCCCC. The van der Waals surface area contributed by atoms with Crippen molar-refractivity contribution < 1.29 is 64.6 Å². The molecule has 2 aliphatic rings. The highest BCUT2D eigenvalue weighted by atomic mass is 16.7. The van der Waals surface area contributed by atoms with Gasteiger partial charge in [-0.1, -0.05) is 89.5 Å². The number of carbonyl (C=O) groups is 1. The minimum Gasteiger partial charge on any atom is -0.394 e. The zero-order valence-electron chi connectivity index (χ0n) is 29.9. The van der Waals surface area contributed by atoms with E-state index in [2.05, 4.69) is 31.3 Å². The Morgan fingerprint density at radius 1 is 0.700 bits per heavy atom. The van der Waals surface area contributed by atoms with Crippen LogP contribution < -0.4 is 5.32 Å². The Hall–Kier alpha value is -1.53. The summed E-state index contributed by atoms with van der Waals surface area (Å²) < 4.78 is 22.4. The number of rotatable bonds is 25. The highest BCUT2D eigenvalue weighted by Crippen LogP contribution is 2.29. The third kappa shape index (κ3) is 15.2. The number of carbonyl (C=O) groups excluding carboxylic acids is 1. The van der Waals surface area contributed by atoms with Crippen LogP contribution in [0.25, 0.3) is 0 Å². The number of hydrogen-bond donors (Lipinski definition) is 9. The molecule has 0 aromatic carbocycles. The van der Waals surface area contributed by atoms with Gasteiger partial charge in [-0.25, -0.2) is 0 Å². The van der Waals surface area contributed by atoms with Crippen LogP contribution in [0, 0.1) is 0 Å². The third-order valence-corrected chi connectivity index (χ3v) is 9.14. The van der Waals surface area contributed by atoms with E-state index >= 15 is 0 Å². The van der Waals surface area contributed by atoms with Crippen LogP contribution in [0.15, 0.2) is 24.3 Å². The summed E-state index contributed by atoms with van der Waals surface area (Å²) in [6.07, 6.45) is 4.48. The van der Waals surface area contributed by atoms with Crippen LogP contribution in [0.4, 0.5) is 0 Å². The second-order valence-electron chi connectivity index (χ2n) is 13.3. The summed E-state index contributed by atoms with van der Waals surface area (Å²) in [6.45, 7) is 2.58. The molecule has 0 saturated carbocycles. The first-order chi connectivity index (χ1) is 24.1. The van der Waals surface area contributed by atoms with Crippen LogP contribution in [-0.2, 0) is 23.7 Å². The molecule has 50 heavy (non-hydrogen) atoms. The van der Waals surface area contributed by atoms with Gasteiger partial charge < -0.3 is 65.1 Å². The van der Waals surface area contributed by atoms with Crippen LogP contribution in [0.5, 0.6) is 0 Å². The molecule has 9 N–H and O–H groups in total. The number of ether oxygens (including phenoxy) is 4. The quantitative estimate of drug-likeness (QED) is 0.0476. The summed E-state index contributed by atoms with van der Waals surface area (Å²) in [7, 11) is 0. The molecule has 2 rings (SSSR count). The molecule has 12 unspecified atom stereocenters. The predicted octanol–water partition coefficient (Wildman–Crippen LogP) is 1.09. The predicted molar refractivity (Wildman–Crippen MR) is 185 cm³/mol. The fraction of sp³-hybridized carbons (Fsp3) is 0.861. The Labute approximate surface area is 297 Å². The molecular weight excluding hydrogens is 654 g/mol. The highest BCUT2D eigenvalue weighted by Gasteiger charge is 2.50. The van der Waals surface area contributed by atoms with Crippen molar-refractivity contribution in [1.82, 2.24) is 5.32 Å². The number of amides is 1. The first-order valence-electron chi connectivity index (χ1n) is 18.6. The number of nitrogens with one attached hydrogen (secondary N) is 1. The molecule has 2 saturated heterocycles. The van der Waals surface area contributed by atoms with Crippen molar-refractivity contribution in [2.24, 2.45) is 0 Å². The molecular formula is C36H65NO13. The van der Waals surface area contributed by atoms with Gasteiger partial charge in [0.2, 0.25) is 5.91 Å². The van der Waals surface area contributed by atoms with E-state index in [1.807, 2.05) is 6.08 Å². The van der Waals surface area contributed by atoms with Gasteiger partial charge in [-0.15, -0.1) is 0 Å². The monoisotopic (exact) mass is 719 g/mol. The number of aliphatic hydroxyl groups excluding tert-OH is 8. The van der Waals surface area contributed by atoms with E-state index in [0.717, 1.165) is 38.5 Å². The van der Waals surface area contributed by atoms with Crippen molar-refractivity contribution >= 4 is 5.91 Å².